The number of aliphatic hydroxyl groups is 1. The van der Waals surface area contributed by atoms with Crippen molar-refractivity contribution in [2.24, 2.45) is 5.92 Å². The van der Waals surface area contributed by atoms with E-state index in [1.165, 1.54) is 0 Å². The van der Waals surface area contributed by atoms with Gasteiger partial charge < -0.3 is 14.8 Å². The third kappa shape index (κ3) is 4.82. The van der Waals surface area contributed by atoms with Gasteiger partial charge in [-0.1, -0.05) is 41.5 Å². The molecule has 1 aliphatic rings. The lowest BCUT2D eigenvalue weighted by atomic mass is 10.1. The Labute approximate surface area is 192 Å². The molecule has 8 heteroatoms. The van der Waals surface area contributed by atoms with Crippen LogP contribution in [0.1, 0.15) is 70.4 Å². The van der Waals surface area contributed by atoms with Crippen molar-refractivity contribution in [3.05, 3.63) is 42.0 Å². The summed E-state index contributed by atoms with van der Waals surface area (Å²) in [5, 5.41) is 20.3. The van der Waals surface area contributed by atoms with Crippen LogP contribution < -0.4 is 5.32 Å². The molecule has 2 heterocycles. The molecule has 3 atom stereocenters. The first kappa shape index (κ1) is 24.6. The van der Waals surface area contributed by atoms with E-state index in [4.69, 9.17) is 4.43 Å². The van der Waals surface area contributed by atoms with Crippen molar-refractivity contribution in [3.8, 4) is 0 Å². The Hall–Kier alpha value is -2.03. The number of ketones is 1. The summed E-state index contributed by atoms with van der Waals surface area (Å²) in [6, 6.07) is 3.61. The van der Waals surface area contributed by atoms with Gasteiger partial charge in [0.25, 0.3) is 0 Å². The Morgan fingerprint density at radius 1 is 1.16 bits per heavy atom. The number of anilines is 1. The molecular formula is C24H38N4O3Si. The van der Waals surface area contributed by atoms with Crippen LogP contribution in [0.2, 0.25) is 16.6 Å². The van der Waals surface area contributed by atoms with Crippen LogP contribution in [0.15, 0.2) is 30.7 Å². The van der Waals surface area contributed by atoms with E-state index in [9.17, 15) is 9.90 Å². The molecule has 3 N–H and O–H groups in total. The zero-order valence-electron chi connectivity index (χ0n) is 20.1. The molecule has 1 saturated carbocycles. The fourth-order valence-electron chi connectivity index (χ4n) is 5.66. The monoisotopic (exact) mass is 458 g/mol. The second-order valence-electron chi connectivity index (χ2n) is 9.95. The first-order valence-corrected chi connectivity index (χ1v) is 13.9. The summed E-state index contributed by atoms with van der Waals surface area (Å²) in [6.07, 6.45) is 6.48. The zero-order chi connectivity index (χ0) is 23.5. The summed E-state index contributed by atoms with van der Waals surface area (Å²) in [6.45, 7) is 13.8. The average molecular weight is 459 g/mol. The summed E-state index contributed by atoms with van der Waals surface area (Å²) in [5.74, 6) is -0.0577. The fraction of sp³-hybridized carbons (Fsp3) is 0.625. The number of carbonyl (C=O) groups excluding carboxylic acids is 1. The molecule has 0 aliphatic heterocycles. The molecule has 1 fully saturated rings. The predicted molar refractivity (Wildman–Crippen MR) is 129 cm³/mol. The highest BCUT2D eigenvalue weighted by molar-refractivity contribution is 6.77. The van der Waals surface area contributed by atoms with Crippen LogP contribution in [0.4, 0.5) is 5.69 Å². The van der Waals surface area contributed by atoms with Gasteiger partial charge in [-0.3, -0.25) is 14.9 Å². The van der Waals surface area contributed by atoms with Gasteiger partial charge in [-0.2, -0.15) is 5.10 Å². The van der Waals surface area contributed by atoms with Gasteiger partial charge in [-0.05, 0) is 41.6 Å². The minimum Gasteiger partial charge on any atom is -0.413 e. The summed E-state index contributed by atoms with van der Waals surface area (Å²) in [7, 11) is -2.05. The molecule has 7 nitrogen and oxygen atoms in total. The second kappa shape index (κ2) is 10.3. The normalized spacial score (nSPS) is 21.6. The Bertz CT molecular complexity index is 863. The molecule has 32 heavy (non-hydrogen) atoms. The van der Waals surface area contributed by atoms with E-state index in [2.05, 4.69) is 62.0 Å². The molecule has 0 bridgehead atoms. The molecule has 176 valence electrons. The van der Waals surface area contributed by atoms with Crippen LogP contribution in [-0.2, 0) is 4.43 Å². The smallest absolute Gasteiger partial charge is 0.214 e. The molecule has 1 aliphatic carbocycles. The molecule has 0 amide bonds. The number of H-pyrrole nitrogens is 1. The van der Waals surface area contributed by atoms with Crippen molar-refractivity contribution in [3.63, 3.8) is 0 Å². The number of rotatable bonds is 10. The molecule has 0 saturated heterocycles. The van der Waals surface area contributed by atoms with E-state index in [0.717, 1.165) is 18.5 Å². The first-order valence-electron chi connectivity index (χ1n) is 11.7. The Kier molecular flexibility index (Phi) is 7.90. The molecule has 3 rings (SSSR count). The largest absolute Gasteiger partial charge is 0.413 e. The number of carbonyl (C=O) groups is 1. The van der Waals surface area contributed by atoms with Crippen LogP contribution in [0, 0.1) is 5.92 Å². The topological polar surface area (TPSA) is 100 Å². The van der Waals surface area contributed by atoms with Crippen molar-refractivity contribution >= 4 is 19.8 Å². The molecule has 0 radical (unpaired) electrons. The van der Waals surface area contributed by atoms with E-state index < -0.39 is 8.32 Å². The average Bonchev–Trinajstić information content (AvgIpc) is 3.41. The number of aliphatic hydroxyl groups excluding tert-OH is 1. The molecule has 0 aromatic carbocycles. The van der Waals surface area contributed by atoms with E-state index in [0.29, 0.717) is 27.9 Å². The maximum atomic E-state index is 12.9. The minimum absolute atomic E-state index is 0.0185. The fourth-order valence-corrected chi connectivity index (χ4v) is 11.3. The molecular weight excluding hydrogens is 420 g/mol. The summed E-state index contributed by atoms with van der Waals surface area (Å²) in [5.41, 5.74) is 3.18. The van der Waals surface area contributed by atoms with Crippen LogP contribution >= 0.6 is 0 Å². The quantitative estimate of drug-likeness (QED) is 0.350. The number of nitrogens with zero attached hydrogens (tertiary/aromatic N) is 2. The maximum absolute atomic E-state index is 12.9. The standard InChI is InChI=1S/C24H38N4O3Si/c1-15(2)32(16(3)4,17(5)6)31-23-12-19(11-18(23)14-29)27-21-7-9-25-13-20(21)24(30)22-8-10-26-28-22/h7-10,13,15-19,23,29H,11-12,14H2,1-6H3,(H,25,27)(H,26,28)/t18-,19-,23+/m1/s1. The number of aromatic nitrogens is 3. The highest BCUT2D eigenvalue weighted by Crippen LogP contribution is 2.46. The maximum Gasteiger partial charge on any atom is 0.214 e. The van der Waals surface area contributed by atoms with E-state index >= 15 is 0 Å². The summed E-state index contributed by atoms with van der Waals surface area (Å²) >= 11 is 0. The second-order valence-corrected chi connectivity index (χ2v) is 15.4. The summed E-state index contributed by atoms with van der Waals surface area (Å²) < 4.78 is 7.04. The van der Waals surface area contributed by atoms with Crippen molar-refractivity contribution in [1.82, 2.24) is 15.2 Å². The predicted octanol–water partition coefficient (Wildman–Crippen LogP) is 4.78. The van der Waals surface area contributed by atoms with Crippen LogP contribution in [-0.4, -0.2) is 53.1 Å². The van der Waals surface area contributed by atoms with E-state index in [-0.39, 0.29) is 30.5 Å². The Morgan fingerprint density at radius 3 is 2.41 bits per heavy atom. The SMILES string of the molecule is CC(C)[Si](O[C@H]1C[C@H](Nc2ccncc2C(=O)c2ccn[nH]2)C[C@@H]1CO)(C(C)C)C(C)C. The molecule has 2 aromatic heterocycles. The van der Waals surface area contributed by atoms with Crippen molar-refractivity contribution in [2.75, 3.05) is 11.9 Å². The number of aromatic amines is 1. The Morgan fingerprint density at radius 2 is 1.84 bits per heavy atom. The van der Waals surface area contributed by atoms with E-state index in [1.54, 1.807) is 24.7 Å². The van der Waals surface area contributed by atoms with Gasteiger partial charge in [0.1, 0.15) is 5.69 Å². The lowest BCUT2D eigenvalue weighted by molar-refractivity contribution is 0.0941. The van der Waals surface area contributed by atoms with Crippen LogP contribution in [0.3, 0.4) is 0 Å². The van der Waals surface area contributed by atoms with Gasteiger partial charge in [0.2, 0.25) is 14.1 Å². The lowest BCUT2D eigenvalue weighted by Gasteiger charge is -2.45. The molecule has 2 aromatic rings. The van der Waals surface area contributed by atoms with Crippen molar-refractivity contribution in [2.45, 2.75) is 83.2 Å². The highest BCUT2D eigenvalue weighted by atomic mass is 28.4. The van der Waals surface area contributed by atoms with Gasteiger partial charge in [0.05, 0.1) is 11.7 Å². The minimum atomic E-state index is -2.05. The van der Waals surface area contributed by atoms with Gasteiger partial charge in [-0.15, -0.1) is 0 Å². The van der Waals surface area contributed by atoms with Gasteiger partial charge in [0.15, 0.2) is 0 Å². The number of hydrogen-bond acceptors (Lipinski definition) is 6. The van der Waals surface area contributed by atoms with Gasteiger partial charge in [-0.25, -0.2) is 0 Å². The molecule has 0 spiro atoms. The van der Waals surface area contributed by atoms with Gasteiger partial charge in [0, 0.05) is 42.8 Å². The number of pyridine rings is 1. The summed E-state index contributed by atoms with van der Waals surface area (Å²) in [4.78, 5) is 17.0. The number of nitrogens with one attached hydrogen (secondary N) is 2. The van der Waals surface area contributed by atoms with Crippen LogP contribution in [0.25, 0.3) is 0 Å². The molecule has 0 unspecified atom stereocenters. The first-order chi connectivity index (χ1) is 15.2. The highest BCUT2D eigenvalue weighted by Gasteiger charge is 2.49. The zero-order valence-corrected chi connectivity index (χ0v) is 21.1. The lowest BCUT2D eigenvalue weighted by Crippen LogP contribution is -2.51. The van der Waals surface area contributed by atoms with Crippen molar-refractivity contribution in [1.29, 1.82) is 0 Å². The third-order valence-electron chi connectivity index (χ3n) is 7.10. The van der Waals surface area contributed by atoms with E-state index in [1.807, 2.05) is 6.07 Å². The van der Waals surface area contributed by atoms with Crippen LogP contribution in [0.5, 0.6) is 0 Å². The van der Waals surface area contributed by atoms with Crippen molar-refractivity contribution < 1.29 is 14.3 Å². The van der Waals surface area contributed by atoms with Gasteiger partial charge >= 0.3 is 0 Å². The number of hydrogen-bond donors (Lipinski definition) is 3. The Balaban J connectivity index is 1.79. The third-order valence-corrected chi connectivity index (χ3v) is 13.2.